The Kier molecular flexibility index (Phi) is 6.88. The second kappa shape index (κ2) is 10.4. The zero-order chi connectivity index (χ0) is 24.8. The van der Waals surface area contributed by atoms with Crippen molar-refractivity contribution in [3.8, 4) is 23.4 Å². The number of aryl methyl sites for hydroxylation is 1. The quantitative estimate of drug-likeness (QED) is 0.312. The lowest BCUT2D eigenvalue weighted by Crippen LogP contribution is -2.20. The Balaban J connectivity index is 1.74. The zero-order valence-corrected chi connectivity index (χ0v) is 19.2. The van der Waals surface area contributed by atoms with Crippen molar-refractivity contribution in [1.29, 1.82) is 5.26 Å². The van der Waals surface area contributed by atoms with Crippen molar-refractivity contribution in [3.05, 3.63) is 100.0 Å². The summed E-state index contributed by atoms with van der Waals surface area (Å²) in [6.45, 7) is 4.26. The van der Waals surface area contributed by atoms with Gasteiger partial charge in [-0.3, -0.25) is 14.0 Å². The van der Waals surface area contributed by atoms with Crippen molar-refractivity contribution in [3.63, 3.8) is 0 Å². The predicted octanol–water partition coefficient (Wildman–Crippen LogP) is 4.74. The molecule has 0 bridgehead atoms. The molecule has 1 amide bonds. The SMILES string of the molecule is CCOc1ccc(NC(=O)/C(C#N)=C/c2c(Oc3ccccc3C)nc3ccccn3c2=O)cc1. The summed E-state index contributed by atoms with van der Waals surface area (Å²) in [6.07, 6.45) is 2.76. The summed E-state index contributed by atoms with van der Waals surface area (Å²) in [5, 5.41) is 12.4. The molecule has 2 aromatic heterocycles. The smallest absolute Gasteiger partial charge is 0.269 e. The summed E-state index contributed by atoms with van der Waals surface area (Å²) >= 11 is 0. The van der Waals surface area contributed by atoms with Crippen molar-refractivity contribution in [1.82, 2.24) is 9.38 Å². The third kappa shape index (κ3) is 5.20. The molecule has 8 heteroatoms. The molecule has 4 rings (SSSR count). The standard InChI is InChI=1S/C27H22N4O4/c1-3-34-21-13-11-20(12-14-21)29-25(32)19(17-28)16-22-26(35-23-9-5-4-8-18(23)2)30-24-10-6-7-15-31(24)27(22)33/h4-16H,3H2,1-2H3,(H,29,32)/b19-16+. The van der Waals surface area contributed by atoms with Crippen LogP contribution in [0.15, 0.2) is 83.3 Å². The molecular weight excluding hydrogens is 444 g/mol. The van der Waals surface area contributed by atoms with E-state index < -0.39 is 11.5 Å². The molecule has 0 saturated carbocycles. The molecule has 0 fully saturated rings. The van der Waals surface area contributed by atoms with Gasteiger partial charge in [0.1, 0.15) is 34.4 Å². The van der Waals surface area contributed by atoms with E-state index in [0.29, 0.717) is 29.4 Å². The number of nitrogens with one attached hydrogen (secondary N) is 1. The lowest BCUT2D eigenvalue weighted by atomic mass is 10.1. The first-order valence-electron chi connectivity index (χ1n) is 10.9. The Morgan fingerprint density at radius 3 is 2.57 bits per heavy atom. The molecule has 4 aromatic rings. The number of hydrogen-bond donors (Lipinski definition) is 1. The second-order valence-corrected chi connectivity index (χ2v) is 7.51. The van der Waals surface area contributed by atoms with E-state index in [0.717, 1.165) is 5.56 Å². The minimum atomic E-state index is -0.670. The molecule has 0 saturated heterocycles. The van der Waals surface area contributed by atoms with Crippen LogP contribution in [0, 0.1) is 18.3 Å². The Labute approximate surface area is 201 Å². The number of para-hydroxylation sites is 1. The number of rotatable bonds is 7. The number of amides is 1. The lowest BCUT2D eigenvalue weighted by molar-refractivity contribution is -0.112. The molecule has 0 aliphatic carbocycles. The van der Waals surface area contributed by atoms with E-state index in [1.54, 1.807) is 60.8 Å². The highest BCUT2D eigenvalue weighted by atomic mass is 16.5. The number of benzene rings is 2. The summed E-state index contributed by atoms with van der Waals surface area (Å²) in [5.41, 5.74) is 0.922. The number of nitrogens with zero attached hydrogens (tertiary/aromatic N) is 3. The number of anilines is 1. The molecule has 35 heavy (non-hydrogen) atoms. The highest BCUT2D eigenvalue weighted by molar-refractivity contribution is 6.09. The maximum atomic E-state index is 13.3. The number of fused-ring (bicyclic) bond motifs is 1. The average Bonchev–Trinajstić information content (AvgIpc) is 2.86. The fourth-order valence-electron chi connectivity index (χ4n) is 3.35. The van der Waals surface area contributed by atoms with Crippen LogP contribution in [-0.4, -0.2) is 21.9 Å². The molecule has 0 unspecified atom stereocenters. The van der Waals surface area contributed by atoms with Crippen molar-refractivity contribution >= 4 is 23.3 Å². The molecule has 0 radical (unpaired) electrons. The van der Waals surface area contributed by atoms with Gasteiger partial charge in [0, 0.05) is 11.9 Å². The van der Waals surface area contributed by atoms with E-state index in [9.17, 15) is 14.9 Å². The van der Waals surface area contributed by atoms with E-state index in [-0.39, 0.29) is 17.0 Å². The normalized spacial score (nSPS) is 11.1. The van der Waals surface area contributed by atoms with Crippen molar-refractivity contribution < 1.29 is 14.3 Å². The van der Waals surface area contributed by atoms with E-state index in [4.69, 9.17) is 9.47 Å². The number of ether oxygens (including phenoxy) is 2. The largest absolute Gasteiger partial charge is 0.494 e. The van der Waals surface area contributed by atoms with Crippen LogP contribution in [0.1, 0.15) is 18.1 Å². The summed E-state index contributed by atoms with van der Waals surface area (Å²) < 4.78 is 12.7. The van der Waals surface area contributed by atoms with Crippen LogP contribution in [0.4, 0.5) is 5.69 Å². The molecule has 0 aliphatic heterocycles. The third-order valence-corrected chi connectivity index (χ3v) is 5.11. The minimum absolute atomic E-state index is 0.00267. The number of aromatic nitrogens is 2. The van der Waals surface area contributed by atoms with Gasteiger partial charge in [0.25, 0.3) is 11.5 Å². The third-order valence-electron chi connectivity index (χ3n) is 5.11. The fraction of sp³-hybridized carbons (Fsp3) is 0.111. The van der Waals surface area contributed by atoms with Gasteiger partial charge in [-0.1, -0.05) is 24.3 Å². The van der Waals surface area contributed by atoms with Crippen molar-refractivity contribution in [2.45, 2.75) is 13.8 Å². The first kappa shape index (κ1) is 23.3. The lowest BCUT2D eigenvalue weighted by Gasteiger charge is -2.12. The maximum absolute atomic E-state index is 13.3. The molecule has 2 heterocycles. The summed E-state index contributed by atoms with van der Waals surface area (Å²) in [5.74, 6) is 0.495. The van der Waals surface area contributed by atoms with Gasteiger partial charge in [0.15, 0.2) is 0 Å². The average molecular weight is 466 g/mol. The highest BCUT2D eigenvalue weighted by Crippen LogP contribution is 2.26. The molecule has 8 nitrogen and oxygen atoms in total. The van der Waals surface area contributed by atoms with Crippen LogP contribution in [0.25, 0.3) is 11.7 Å². The topological polar surface area (TPSA) is 106 Å². The van der Waals surface area contributed by atoms with Crippen molar-refractivity contribution in [2.24, 2.45) is 0 Å². The van der Waals surface area contributed by atoms with E-state index >= 15 is 0 Å². The van der Waals surface area contributed by atoms with Gasteiger partial charge in [0.05, 0.1) is 6.61 Å². The first-order chi connectivity index (χ1) is 17.0. The van der Waals surface area contributed by atoms with Gasteiger partial charge in [0.2, 0.25) is 5.88 Å². The van der Waals surface area contributed by atoms with Crippen LogP contribution >= 0.6 is 0 Å². The van der Waals surface area contributed by atoms with Gasteiger partial charge in [-0.2, -0.15) is 10.2 Å². The molecule has 1 N–H and O–H groups in total. The molecular formula is C27H22N4O4. The van der Waals surface area contributed by atoms with Crippen LogP contribution in [0.5, 0.6) is 17.4 Å². The molecule has 174 valence electrons. The van der Waals surface area contributed by atoms with Crippen LogP contribution in [0.3, 0.4) is 0 Å². The van der Waals surface area contributed by atoms with Gasteiger partial charge in [-0.05, 0) is 68.0 Å². The highest BCUT2D eigenvalue weighted by Gasteiger charge is 2.18. The fourth-order valence-corrected chi connectivity index (χ4v) is 3.35. The summed E-state index contributed by atoms with van der Waals surface area (Å²) in [4.78, 5) is 30.6. The van der Waals surface area contributed by atoms with E-state index in [1.807, 2.05) is 32.0 Å². The van der Waals surface area contributed by atoms with Gasteiger partial charge < -0.3 is 14.8 Å². The zero-order valence-electron chi connectivity index (χ0n) is 19.2. The maximum Gasteiger partial charge on any atom is 0.269 e. The van der Waals surface area contributed by atoms with Crippen LogP contribution in [-0.2, 0) is 4.79 Å². The van der Waals surface area contributed by atoms with Gasteiger partial charge >= 0.3 is 0 Å². The summed E-state index contributed by atoms with van der Waals surface area (Å²) in [7, 11) is 0. The number of nitriles is 1. The number of hydrogen-bond acceptors (Lipinski definition) is 6. The molecule has 0 spiro atoms. The molecule has 0 atom stereocenters. The number of pyridine rings is 1. The number of carbonyl (C=O) groups is 1. The minimum Gasteiger partial charge on any atom is -0.494 e. The van der Waals surface area contributed by atoms with E-state index in [1.165, 1.54) is 10.5 Å². The Bertz CT molecular complexity index is 1520. The van der Waals surface area contributed by atoms with E-state index in [2.05, 4.69) is 10.3 Å². The van der Waals surface area contributed by atoms with Crippen molar-refractivity contribution in [2.75, 3.05) is 11.9 Å². The number of carbonyl (C=O) groups excluding carboxylic acids is 1. The Morgan fingerprint density at radius 2 is 1.86 bits per heavy atom. The second-order valence-electron chi connectivity index (χ2n) is 7.51. The molecule has 0 aliphatic rings. The van der Waals surface area contributed by atoms with Gasteiger partial charge in [-0.25, -0.2) is 0 Å². The predicted molar refractivity (Wildman–Crippen MR) is 133 cm³/mol. The summed E-state index contributed by atoms with van der Waals surface area (Å²) in [6, 6.07) is 21.0. The Morgan fingerprint density at radius 1 is 1.11 bits per heavy atom. The molecule has 2 aromatic carbocycles. The first-order valence-corrected chi connectivity index (χ1v) is 10.9. The van der Waals surface area contributed by atoms with Crippen LogP contribution < -0.4 is 20.3 Å². The Hall–Kier alpha value is -4.90. The van der Waals surface area contributed by atoms with Crippen LogP contribution in [0.2, 0.25) is 0 Å². The monoisotopic (exact) mass is 466 g/mol. The van der Waals surface area contributed by atoms with Gasteiger partial charge in [-0.15, -0.1) is 0 Å².